The van der Waals surface area contributed by atoms with Crippen LogP contribution in [0.5, 0.6) is 0 Å². The van der Waals surface area contributed by atoms with Gasteiger partial charge < -0.3 is 9.84 Å². The van der Waals surface area contributed by atoms with E-state index >= 15 is 0 Å². The summed E-state index contributed by atoms with van der Waals surface area (Å²) in [6.45, 7) is 1.74. The van der Waals surface area contributed by atoms with Crippen LogP contribution in [0.2, 0.25) is 0 Å². The Morgan fingerprint density at radius 1 is 1.29 bits per heavy atom. The zero-order valence-corrected chi connectivity index (χ0v) is 7.73. The number of hydrogen-bond donors (Lipinski definition) is 1. The number of ether oxygens (including phenoxy) is 1. The number of benzene rings is 1. The van der Waals surface area contributed by atoms with Crippen LogP contribution in [-0.4, -0.2) is 11.1 Å². The van der Waals surface area contributed by atoms with Crippen LogP contribution < -0.4 is 0 Å². The number of carbonyl (C=O) groups excluding carboxylic acids is 1. The zero-order valence-electron chi connectivity index (χ0n) is 7.73. The van der Waals surface area contributed by atoms with E-state index in [4.69, 9.17) is 4.74 Å². The van der Waals surface area contributed by atoms with Crippen molar-refractivity contribution in [2.75, 3.05) is 0 Å². The Morgan fingerprint density at radius 2 is 1.93 bits per heavy atom. The van der Waals surface area contributed by atoms with Gasteiger partial charge in [-0.05, 0) is 12.5 Å². The van der Waals surface area contributed by atoms with Crippen molar-refractivity contribution in [1.82, 2.24) is 0 Å². The van der Waals surface area contributed by atoms with Gasteiger partial charge in [-0.1, -0.05) is 30.3 Å². The molecule has 0 aliphatic carbocycles. The maximum atomic E-state index is 11.0. The maximum Gasteiger partial charge on any atom is 0.374 e. The fraction of sp³-hybridized carbons (Fsp3) is 0.182. The third-order valence-electron chi connectivity index (χ3n) is 2.27. The van der Waals surface area contributed by atoms with E-state index in [2.05, 4.69) is 0 Å². The molecule has 14 heavy (non-hydrogen) atoms. The van der Waals surface area contributed by atoms with Crippen LogP contribution in [0.15, 0.2) is 42.2 Å². The van der Waals surface area contributed by atoms with Crippen molar-refractivity contribution < 1.29 is 14.6 Å². The van der Waals surface area contributed by atoms with E-state index in [0.717, 1.165) is 5.56 Å². The van der Waals surface area contributed by atoms with Crippen molar-refractivity contribution in [2.24, 2.45) is 0 Å². The number of carbonyl (C=O) groups is 1. The minimum absolute atomic E-state index is 0.323. The lowest BCUT2D eigenvalue weighted by Gasteiger charge is -2.20. The Hall–Kier alpha value is -1.77. The molecule has 0 bridgehead atoms. The molecule has 1 N–H and O–H groups in total. The Bertz CT molecular complexity index is 394. The normalized spacial score (nSPS) is 25.8. The van der Waals surface area contributed by atoms with Crippen molar-refractivity contribution in [3.05, 3.63) is 47.7 Å². The summed E-state index contributed by atoms with van der Waals surface area (Å²) in [5, 5.41) is 9.18. The molecule has 1 aliphatic heterocycles. The minimum atomic E-state index is -0.831. The van der Waals surface area contributed by atoms with Gasteiger partial charge in [0.25, 0.3) is 0 Å². The molecular formula is C11H10O3. The third kappa shape index (κ3) is 1.27. The first-order valence-corrected chi connectivity index (χ1v) is 4.32. The molecule has 0 saturated carbocycles. The maximum absolute atomic E-state index is 11.0. The third-order valence-corrected chi connectivity index (χ3v) is 2.27. The van der Waals surface area contributed by atoms with E-state index in [1.54, 1.807) is 6.92 Å². The first kappa shape index (κ1) is 8.81. The summed E-state index contributed by atoms with van der Waals surface area (Å²) in [6, 6.07) is 9.30. The number of hydrogen-bond acceptors (Lipinski definition) is 3. The predicted molar refractivity (Wildman–Crippen MR) is 50.6 cm³/mol. The number of aliphatic hydroxyl groups excluding tert-OH is 1. The quantitative estimate of drug-likeness (QED) is 0.688. The molecule has 1 aromatic rings. The largest absolute Gasteiger partial charge is 0.502 e. The molecule has 0 saturated heterocycles. The zero-order chi connectivity index (χ0) is 10.2. The smallest absolute Gasteiger partial charge is 0.374 e. The number of aliphatic hydroxyl groups is 1. The lowest BCUT2D eigenvalue weighted by molar-refractivity contribution is -0.148. The van der Waals surface area contributed by atoms with Gasteiger partial charge in [0, 0.05) is 6.08 Å². The molecule has 72 valence electrons. The topological polar surface area (TPSA) is 46.5 Å². The van der Waals surface area contributed by atoms with Gasteiger partial charge in [-0.3, -0.25) is 0 Å². The molecule has 2 rings (SSSR count). The number of cyclic esters (lactones) is 1. The molecule has 0 spiro atoms. The van der Waals surface area contributed by atoms with Crippen LogP contribution in [0.25, 0.3) is 0 Å². The standard InChI is InChI=1S/C11H10O3/c1-11(7-9(12)10(13)14-11)8-5-3-2-4-6-8/h2-7,12H,1H3. The molecule has 1 unspecified atom stereocenters. The Balaban J connectivity index is 2.41. The Labute approximate surface area is 81.6 Å². The second-order valence-electron chi connectivity index (χ2n) is 3.39. The average molecular weight is 190 g/mol. The molecule has 3 nitrogen and oxygen atoms in total. The summed E-state index contributed by atoms with van der Waals surface area (Å²) < 4.78 is 5.07. The van der Waals surface area contributed by atoms with Gasteiger partial charge in [0.1, 0.15) is 0 Å². The molecule has 1 atom stereocenters. The highest BCUT2D eigenvalue weighted by atomic mass is 16.6. The molecule has 1 aliphatic rings. The summed E-state index contributed by atoms with van der Waals surface area (Å²) >= 11 is 0. The highest BCUT2D eigenvalue weighted by Crippen LogP contribution is 2.33. The highest BCUT2D eigenvalue weighted by molar-refractivity contribution is 5.89. The van der Waals surface area contributed by atoms with Crippen molar-refractivity contribution >= 4 is 5.97 Å². The molecule has 0 aromatic heterocycles. The summed E-state index contributed by atoms with van der Waals surface area (Å²) in [5.41, 5.74) is 0.0139. The molecule has 3 heteroatoms. The van der Waals surface area contributed by atoms with Gasteiger partial charge in [0.05, 0.1) is 0 Å². The van der Waals surface area contributed by atoms with E-state index in [1.807, 2.05) is 30.3 Å². The second-order valence-corrected chi connectivity index (χ2v) is 3.39. The van der Waals surface area contributed by atoms with E-state index < -0.39 is 11.6 Å². The van der Waals surface area contributed by atoms with E-state index in [-0.39, 0.29) is 5.76 Å². The summed E-state index contributed by atoms with van der Waals surface area (Å²) in [5.74, 6) is -0.993. The highest BCUT2D eigenvalue weighted by Gasteiger charge is 2.37. The van der Waals surface area contributed by atoms with Crippen molar-refractivity contribution in [2.45, 2.75) is 12.5 Å². The number of rotatable bonds is 1. The lowest BCUT2D eigenvalue weighted by Crippen LogP contribution is -2.20. The minimum Gasteiger partial charge on any atom is -0.502 e. The fourth-order valence-electron chi connectivity index (χ4n) is 1.51. The first-order chi connectivity index (χ1) is 6.62. The van der Waals surface area contributed by atoms with Crippen molar-refractivity contribution in [3.8, 4) is 0 Å². The van der Waals surface area contributed by atoms with E-state index in [1.165, 1.54) is 6.08 Å². The van der Waals surface area contributed by atoms with Gasteiger partial charge >= 0.3 is 5.97 Å². The number of esters is 1. The van der Waals surface area contributed by atoms with Gasteiger partial charge in [0.2, 0.25) is 5.76 Å². The van der Waals surface area contributed by atoms with Crippen LogP contribution >= 0.6 is 0 Å². The van der Waals surface area contributed by atoms with Crippen LogP contribution in [0.3, 0.4) is 0 Å². The van der Waals surface area contributed by atoms with Gasteiger partial charge in [-0.2, -0.15) is 0 Å². The monoisotopic (exact) mass is 190 g/mol. The summed E-state index contributed by atoms with van der Waals surface area (Å²) in [4.78, 5) is 11.0. The first-order valence-electron chi connectivity index (χ1n) is 4.32. The lowest BCUT2D eigenvalue weighted by atomic mass is 9.96. The molecule has 0 radical (unpaired) electrons. The Morgan fingerprint density at radius 3 is 2.43 bits per heavy atom. The van der Waals surface area contributed by atoms with Crippen LogP contribution in [0.4, 0.5) is 0 Å². The van der Waals surface area contributed by atoms with Gasteiger partial charge in [-0.25, -0.2) is 4.79 Å². The molecule has 1 aromatic carbocycles. The van der Waals surface area contributed by atoms with Gasteiger partial charge in [-0.15, -0.1) is 0 Å². The second kappa shape index (κ2) is 2.87. The SMILES string of the molecule is CC1(c2ccccc2)C=C(O)C(=O)O1. The predicted octanol–water partition coefficient (Wildman–Crippen LogP) is 1.90. The Kier molecular flexibility index (Phi) is 1.81. The van der Waals surface area contributed by atoms with Crippen molar-refractivity contribution in [1.29, 1.82) is 0 Å². The molecule has 1 heterocycles. The van der Waals surface area contributed by atoms with Crippen molar-refractivity contribution in [3.63, 3.8) is 0 Å². The fourth-order valence-corrected chi connectivity index (χ4v) is 1.51. The van der Waals surface area contributed by atoms with E-state index in [0.29, 0.717) is 0 Å². The van der Waals surface area contributed by atoms with Crippen LogP contribution in [0, 0.1) is 0 Å². The summed E-state index contributed by atoms with van der Waals surface area (Å²) in [6.07, 6.45) is 1.42. The molecule has 0 amide bonds. The van der Waals surface area contributed by atoms with E-state index in [9.17, 15) is 9.90 Å². The van der Waals surface area contributed by atoms with Crippen LogP contribution in [-0.2, 0) is 15.1 Å². The van der Waals surface area contributed by atoms with Crippen LogP contribution in [0.1, 0.15) is 12.5 Å². The molecular weight excluding hydrogens is 180 g/mol. The molecule has 0 fully saturated rings. The average Bonchev–Trinajstić information content (AvgIpc) is 2.44. The summed E-state index contributed by atoms with van der Waals surface area (Å²) in [7, 11) is 0. The van der Waals surface area contributed by atoms with Gasteiger partial charge in [0.15, 0.2) is 5.60 Å².